The van der Waals surface area contributed by atoms with E-state index in [1.165, 1.54) is 19.0 Å². The van der Waals surface area contributed by atoms with Crippen LogP contribution in [0.3, 0.4) is 0 Å². The number of nitrogens with one attached hydrogen (secondary N) is 1. The van der Waals surface area contributed by atoms with E-state index in [9.17, 15) is 10.2 Å². The van der Waals surface area contributed by atoms with Crippen LogP contribution in [0.2, 0.25) is 0 Å². The SMILES string of the molecule is CCCN1CCC(NC(C)c2ccc(O)cc2O)CC1. The Hall–Kier alpha value is -1.26. The van der Waals surface area contributed by atoms with E-state index in [-0.39, 0.29) is 17.5 Å². The van der Waals surface area contributed by atoms with Crippen LogP contribution < -0.4 is 5.32 Å². The van der Waals surface area contributed by atoms with Crippen LogP contribution in [0.15, 0.2) is 18.2 Å². The molecular formula is C16H26N2O2. The summed E-state index contributed by atoms with van der Waals surface area (Å²) in [5.41, 5.74) is 0.846. The number of piperidine rings is 1. The van der Waals surface area contributed by atoms with E-state index in [0.29, 0.717) is 6.04 Å². The summed E-state index contributed by atoms with van der Waals surface area (Å²) >= 11 is 0. The van der Waals surface area contributed by atoms with E-state index < -0.39 is 0 Å². The second kappa shape index (κ2) is 6.95. The quantitative estimate of drug-likeness (QED) is 0.775. The number of aromatic hydroxyl groups is 2. The molecule has 1 aliphatic heterocycles. The molecule has 4 heteroatoms. The van der Waals surface area contributed by atoms with Gasteiger partial charge in [0.1, 0.15) is 11.5 Å². The maximum absolute atomic E-state index is 9.90. The highest BCUT2D eigenvalue weighted by molar-refractivity contribution is 5.40. The lowest BCUT2D eigenvalue weighted by Crippen LogP contribution is -2.43. The molecule has 0 saturated carbocycles. The zero-order valence-corrected chi connectivity index (χ0v) is 12.5. The Balaban J connectivity index is 1.87. The second-order valence-corrected chi connectivity index (χ2v) is 5.75. The summed E-state index contributed by atoms with van der Waals surface area (Å²) in [6, 6.07) is 5.41. The summed E-state index contributed by atoms with van der Waals surface area (Å²) in [7, 11) is 0. The summed E-state index contributed by atoms with van der Waals surface area (Å²) in [5.74, 6) is 0.264. The minimum absolute atomic E-state index is 0.0957. The van der Waals surface area contributed by atoms with Crippen LogP contribution in [0.4, 0.5) is 0 Å². The number of hydrogen-bond donors (Lipinski definition) is 3. The fraction of sp³-hybridized carbons (Fsp3) is 0.625. The van der Waals surface area contributed by atoms with E-state index in [1.54, 1.807) is 12.1 Å². The van der Waals surface area contributed by atoms with Gasteiger partial charge in [-0.1, -0.05) is 13.0 Å². The van der Waals surface area contributed by atoms with Crippen LogP contribution in [0.5, 0.6) is 11.5 Å². The third-order valence-electron chi connectivity index (χ3n) is 4.09. The summed E-state index contributed by atoms with van der Waals surface area (Å²) in [6.45, 7) is 7.78. The van der Waals surface area contributed by atoms with Crippen molar-refractivity contribution in [3.05, 3.63) is 23.8 Å². The van der Waals surface area contributed by atoms with Crippen molar-refractivity contribution in [3.8, 4) is 11.5 Å². The van der Waals surface area contributed by atoms with Gasteiger partial charge in [0.2, 0.25) is 0 Å². The number of rotatable bonds is 5. The van der Waals surface area contributed by atoms with Gasteiger partial charge in [-0.25, -0.2) is 0 Å². The van der Waals surface area contributed by atoms with E-state index in [4.69, 9.17) is 0 Å². The highest BCUT2D eigenvalue weighted by Crippen LogP contribution is 2.28. The van der Waals surface area contributed by atoms with Gasteiger partial charge in [-0.15, -0.1) is 0 Å². The summed E-state index contributed by atoms with van der Waals surface area (Å²) in [4.78, 5) is 2.51. The molecule has 0 spiro atoms. The molecule has 112 valence electrons. The Labute approximate surface area is 121 Å². The van der Waals surface area contributed by atoms with Crippen LogP contribution in [0, 0.1) is 0 Å². The lowest BCUT2D eigenvalue weighted by Gasteiger charge is -2.34. The van der Waals surface area contributed by atoms with Crippen molar-refractivity contribution in [2.45, 2.75) is 45.2 Å². The average Bonchev–Trinajstić information content (AvgIpc) is 2.41. The van der Waals surface area contributed by atoms with Gasteiger partial charge in [0, 0.05) is 23.7 Å². The van der Waals surface area contributed by atoms with Gasteiger partial charge in [0.25, 0.3) is 0 Å². The lowest BCUT2D eigenvalue weighted by atomic mass is 10.0. The van der Waals surface area contributed by atoms with E-state index in [2.05, 4.69) is 24.1 Å². The fourth-order valence-electron chi connectivity index (χ4n) is 2.98. The molecule has 0 amide bonds. The first-order valence-corrected chi connectivity index (χ1v) is 7.60. The second-order valence-electron chi connectivity index (χ2n) is 5.75. The minimum Gasteiger partial charge on any atom is -0.508 e. The molecule has 1 aromatic carbocycles. The number of nitrogens with zero attached hydrogens (tertiary/aromatic N) is 1. The average molecular weight is 278 g/mol. The maximum Gasteiger partial charge on any atom is 0.124 e. The van der Waals surface area contributed by atoms with Crippen molar-refractivity contribution in [2.75, 3.05) is 19.6 Å². The van der Waals surface area contributed by atoms with Gasteiger partial charge in [-0.3, -0.25) is 0 Å². The first-order chi connectivity index (χ1) is 9.60. The van der Waals surface area contributed by atoms with Gasteiger partial charge < -0.3 is 20.4 Å². The molecule has 1 aromatic rings. The molecule has 4 nitrogen and oxygen atoms in total. The maximum atomic E-state index is 9.90. The molecule has 0 aromatic heterocycles. The van der Waals surface area contributed by atoms with Crippen molar-refractivity contribution < 1.29 is 10.2 Å². The monoisotopic (exact) mass is 278 g/mol. The van der Waals surface area contributed by atoms with Gasteiger partial charge >= 0.3 is 0 Å². The molecule has 0 bridgehead atoms. The Morgan fingerprint density at radius 3 is 2.60 bits per heavy atom. The van der Waals surface area contributed by atoms with Crippen molar-refractivity contribution in [1.82, 2.24) is 10.2 Å². The number of phenols is 2. The third kappa shape index (κ3) is 3.87. The highest BCUT2D eigenvalue weighted by Gasteiger charge is 2.21. The van der Waals surface area contributed by atoms with Gasteiger partial charge in [0.05, 0.1) is 0 Å². The van der Waals surface area contributed by atoms with Crippen LogP contribution in [0.25, 0.3) is 0 Å². The molecule has 1 unspecified atom stereocenters. The molecule has 3 N–H and O–H groups in total. The van der Waals surface area contributed by atoms with Crippen LogP contribution in [-0.2, 0) is 0 Å². The largest absolute Gasteiger partial charge is 0.508 e. The molecular weight excluding hydrogens is 252 g/mol. The first kappa shape index (κ1) is 15.1. The molecule has 1 heterocycles. The first-order valence-electron chi connectivity index (χ1n) is 7.60. The minimum atomic E-state index is 0.0957. The molecule has 1 aliphatic rings. The normalized spacial score (nSPS) is 19.1. The van der Waals surface area contributed by atoms with E-state index >= 15 is 0 Å². The van der Waals surface area contributed by atoms with E-state index in [1.807, 2.05) is 0 Å². The zero-order chi connectivity index (χ0) is 14.5. The Kier molecular flexibility index (Phi) is 5.26. The number of hydrogen-bond acceptors (Lipinski definition) is 4. The molecule has 20 heavy (non-hydrogen) atoms. The summed E-state index contributed by atoms with van der Waals surface area (Å²) in [5, 5.41) is 22.8. The molecule has 2 rings (SSSR count). The van der Waals surface area contributed by atoms with Crippen molar-refractivity contribution in [2.24, 2.45) is 0 Å². The summed E-state index contributed by atoms with van der Waals surface area (Å²) < 4.78 is 0. The summed E-state index contributed by atoms with van der Waals surface area (Å²) in [6.07, 6.45) is 3.53. The smallest absolute Gasteiger partial charge is 0.124 e. The number of benzene rings is 1. The highest BCUT2D eigenvalue weighted by atomic mass is 16.3. The van der Waals surface area contributed by atoms with Gasteiger partial charge in [0.15, 0.2) is 0 Å². The number of phenolic OH excluding ortho intramolecular Hbond substituents is 2. The molecule has 1 atom stereocenters. The third-order valence-corrected chi connectivity index (χ3v) is 4.09. The number of likely N-dealkylation sites (tertiary alicyclic amines) is 1. The van der Waals surface area contributed by atoms with Crippen molar-refractivity contribution in [1.29, 1.82) is 0 Å². The lowest BCUT2D eigenvalue weighted by molar-refractivity contribution is 0.192. The van der Waals surface area contributed by atoms with Crippen LogP contribution in [0.1, 0.15) is 44.7 Å². The van der Waals surface area contributed by atoms with E-state index in [0.717, 1.165) is 31.5 Å². The fourth-order valence-corrected chi connectivity index (χ4v) is 2.98. The molecule has 1 fully saturated rings. The standard InChI is InChI=1S/C16H26N2O2/c1-3-8-18-9-6-13(7-10-18)17-12(2)15-5-4-14(19)11-16(15)20/h4-5,11-13,17,19-20H,3,6-10H2,1-2H3. The van der Waals surface area contributed by atoms with Crippen LogP contribution in [-0.4, -0.2) is 40.8 Å². The Morgan fingerprint density at radius 1 is 1.30 bits per heavy atom. The Morgan fingerprint density at radius 2 is 2.00 bits per heavy atom. The van der Waals surface area contributed by atoms with Gasteiger partial charge in [-0.2, -0.15) is 0 Å². The molecule has 1 saturated heterocycles. The topological polar surface area (TPSA) is 55.7 Å². The predicted octanol–water partition coefficient (Wildman–Crippen LogP) is 2.62. The molecule has 0 radical (unpaired) electrons. The zero-order valence-electron chi connectivity index (χ0n) is 12.5. The van der Waals surface area contributed by atoms with Gasteiger partial charge in [-0.05, 0) is 51.9 Å². The van der Waals surface area contributed by atoms with Crippen LogP contribution >= 0.6 is 0 Å². The Bertz CT molecular complexity index is 428. The predicted molar refractivity (Wildman–Crippen MR) is 81.1 cm³/mol. The molecule has 0 aliphatic carbocycles. The van der Waals surface area contributed by atoms with Crippen molar-refractivity contribution in [3.63, 3.8) is 0 Å². The van der Waals surface area contributed by atoms with Crippen molar-refractivity contribution >= 4 is 0 Å².